The summed E-state index contributed by atoms with van der Waals surface area (Å²) in [6.07, 6.45) is 3.32. The van der Waals surface area contributed by atoms with Gasteiger partial charge in [0.05, 0.1) is 11.7 Å². The highest BCUT2D eigenvalue weighted by molar-refractivity contribution is 5.88. The average Bonchev–Trinajstić information content (AvgIpc) is 2.53. The maximum atomic E-state index is 9.70. The van der Waals surface area contributed by atoms with Crippen molar-refractivity contribution in [3.63, 3.8) is 0 Å². The van der Waals surface area contributed by atoms with Crippen LogP contribution in [-0.4, -0.2) is 25.7 Å². The van der Waals surface area contributed by atoms with Gasteiger partial charge in [-0.1, -0.05) is 24.0 Å². The van der Waals surface area contributed by atoms with Crippen LogP contribution in [0.4, 0.5) is 5.82 Å². The number of fused-ring (bicyclic) bond motifs is 1. The molecule has 5 heteroatoms. The largest absolute Gasteiger partial charge is 0.383 e. The van der Waals surface area contributed by atoms with Crippen LogP contribution in [0.25, 0.3) is 22.3 Å². The van der Waals surface area contributed by atoms with Crippen LogP contribution >= 0.6 is 0 Å². The molecule has 3 aromatic rings. The van der Waals surface area contributed by atoms with Crippen LogP contribution in [0.1, 0.15) is 19.4 Å². The molecule has 5 nitrogen and oxygen atoms in total. The molecule has 2 heterocycles. The van der Waals surface area contributed by atoms with Gasteiger partial charge in [-0.3, -0.25) is 4.98 Å². The van der Waals surface area contributed by atoms with E-state index in [0.717, 1.165) is 16.5 Å². The predicted octanol–water partition coefficient (Wildman–Crippen LogP) is 2.40. The zero-order chi connectivity index (χ0) is 16.4. The van der Waals surface area contributed by atoms with Gasteiger partial charge < -0.3 is 10.8 Å². The average molecular weight is 304 g/mol. The van der Waals surface area contributed by atoms with Crippen molar-refractivity contribution in [2.75, 3.05) is 5.73 Å². The summed E-state index contributed by atoms with van der Waals surface area (Å²) in [5.41, 5.74) is 7.26. The Morgan fingerprint density at radius 1 is 1.17 bits per heavy atom. The lowest BCUT2D eigenvalue weighted by Gasteiger charge is -2.07. The summed E-state index contributed by atoms with van der Waals surface area (Å²) in [7, 11) is 0. The molecule has 0 aliphatic carbocycles. The van der Waals surface area contributed by atoms with E-state index >= 15 is 0 Å². The van der Waals surface area contributed by atoms with Crippen LogP contribution < -0.4 is 5.73 Å². The minimum absolute atomic E-state index is 0.417. The number of hydrogen-bond donors (Lipinski definition) is 2. The molecule has 0 amide bonds. The minimum Gasteiger partial charge on any atom is -0.383 e. The number of hydrogen-bond acceptors (Lipinski definition) is 5. The molecule has 0 spiro atoms. The number of aromatic nitrogens is 3. The molecule has 1 aromatic carbocycles. The van der Waals surface area contributed by atoms with E-state index in [-0.39, 0.29) is 0 Å². The standard InChI is InChI=1S/C18H16N4O/c1-18(2,23)8-6-12-4-3-5-13(10-12)17-21-15-11-20-9-7-14(15)16(19)22-17/h3-5,7,9-11,23H,1-2H3,(H2,19,21,22). The zero-order valence-corrected chi connectivity index (χ0v) is 12.9. The van der Waals surface area contributed by atoms with Gasteiger partial charge in [-0.25, -0.2) is 9.97 Å². The van der Waals surface area contributed by atoms with Crippen LogP contribution in [0.5, 0.6) is 0 Å². The van der Waals surface area contributed by atoms with Gasteiger partial charge in [-0.2, -0.15) is 0 Å². The second-order valence-corrected chi connectivity index (χ2v) is 5.72. The van der Waals surface area contributed by atoms with Gasteiger partial charge in [0.1, 0.15) is 11.4 Å². The fourth-order valence-electron chi connectivity index (χ4n) is 2.10. The summed E-state index contributed by atoms with van der Waals surface area (Å²) in [4.78, 5) is 12.9. The molecule has 2 aromatic heterocycles. The van der Waals surface area contributed by atoms with Crippen molar-refractivity contribution in [3.05, 3.63) is 48.3 Å². The van der Waals surface area contributed by atoms with Crippen molar-refractivity contribution in [1.29, 1.82) is 0 Å². The Hall–Kier alpha value is -2.97. The van der Waals surface area contributed by atoms with Crippen molar-refractivity contribution in [1.82, 2.24) is 15.0 Å². The molecule has 0 bridgehead atoms. The fraction of sp³-hybridized carbons (Fsp3) is 0.167. The lowest BCUT2D eigenvalue weighted by molar-refractivity contribution is 0.143. The van der Waals surface area contributed by atoms with E-state index in [9.17, 15) is 5.11 Å². The highest BCUT2D eigenvalue weighted by Crippen LogP contribution is 2.22. The van der Waals surface area contributed by atoms with Gasteiger partial charge in [0.25, 0.3) is 0 Å². The summed E-state index contributed by atoms with van der Waals surface area (Å²) in [6, 6.07) is 9.30. The van der Waals surface area contributed by atoms with E-state index < -0.39 is 5.60 Å². The Bertz CT molecular complexity index is 933. The van der Waals surface area contributed by atoms with Crippen LogP contribution in [-0.2, 0) is 0 Å². The number of rotatable bonds is 1. The first-order valence-electron chi connectivity index (χ1n) is 7.16. The Balaban J connectivity index is 2.07. The smallest absolute Gasteiger partial charge is 0.162 e. The summed E-state index contributed by atoms with van der Waals surface area (Å²) in [5.74, 6) is 6.68. The number of anilines is 1. The van der Waals surface area contributed by atoms with Crippen molar-refractivity contribution in [2.45, 2.75) is 19.4 Å². The first kappa shape index (κ1) is 14.9. The van der Waals surface area contributed by atoms with Crippen LogP contribution in [0.15, 0.2) is 42.7 Å². The lowest BCUT2D eigenvalue weighted by Crippen LogP contribution is -2.14. The maximum absolute atomic E-state index is 9.70. The first-order valence-corrected chi connectivity index (χ1v) is 7.16. The molecule has 0 unspecified atom stereocenters. The Morgan fingerprint density at radius 3 is 2.78 bits per heavy atom. The normalized spacial score (nSPS) is 11.1. The van der Waals surface area contributed by atoms with Gasteiger partial charge in [-0.05, 0) is 32.0 Å². The number of pyridine rings is 1. The third-order valence-corrected chi connectivity index (χ3v) is 3.16. The number of nitrogens with zero attached hydrogens (tertiary/aromatic N) is 3. The second-order valence-electron chi connectivity index (χ2n) is 5.72. The second kappa shape index (κ2) is 5.67. The molecule has 0 atom stereocenters. The van der Waals surface area contributed by atoms with E-state index in [4.69, 9.17) is 5.73 Å². The van der Waals surface area contributed by atoms with Gasteiger partial charge in [0.2, 0.25) is 0 Å². The van der Waals surface area contributed by atoms with E-state index in [1.807, 2.05) is 24.3 Å². The molecule has 0 radical (unpaired) electrons. The third-order valence-electron chi connectivity index (χ3n) is 3.16. The molecule has 0 aliphatic heterocycles. The molecule has 0 aliphatic rings. The van der Waals surface area contributed by atoms with Crippen LogP contribution in [0.2, 0.25) is 0 Å². The van der Waals surface area contributed by atoms with E-state index in [1.165, 1.54) is 0 Å². The SMILES string of the molecule is CC(C)(O)C#Cc1cccc(-c2nc(N)c3ccncc3n2)c1. The fourth-order valence-corrected chi connectivity index (χ4v) is 2.10. The summed E-state index contributed by atoms with van der Waals surface area (Å²) in [6.45, 7) is 3.29. The van der Waals surface area contributed by atoms with Crippen molar-refractivity contribution >= 4 is 16.7 Å². The molecule has 0 saturated heterocycles. The minimum atomic E-state index is -1.04. The Kier molecular flexibility index (Phi) is 3.68. The molecule has 0 fully saturated rings. The van der Waals surface area contributed by atoms with Gasteiger partial charge in [0.15, 0.2) is 5.82 Å². The van der Waals surface area contributed by atoms with Gasteiger partial charge >= 0.3 is 0 Å². The van der Waals surface area contributed by atoms with Crippen molar-refractivity contribution in [3.8, 4) is 23.2 Å². The van der Waals surface area contributed by atoms with E-state index in [0.29, 0.717) is 17.2 Å². The number of nitrogen functional groups attached to an aromatic ring is 1. The molecule has 3 rings (SSSR count). The first-order chi connectivity index (χ1) is 10.9. The highest BCUT2D eigenvalue weighted by atomic mass is 16.3. The molecular weight excluding hydrogens is 288 g/mol. The lowest BCUT2D eigenvalue weighted by atomic mass is 10.1. The molecule has 23 heavy (non-hydrogen) atoms. The van der Waals surface area contributed by atoms with Gasteiger partial charge in [-0.15, -0.1) is 0 Å². The number of benzene rings is 1. The maximum Gasteiger partial charge on any atom is 0.162 e. The summed E-state index contributed by atoms with van der Waals surface area (Å²) >= 11 is 0. The van der Waals surface area contributed by atoms with Crippen LogP contribution in [0, 0.1) is 11.8 Å². The summed E-state index contributed by atoms with van der Waals surface area (Å²) in [5, 5.41) is 10.5. The molecule has 114 valence electrons. The third kappa shape index (κ3) is 3.44. The Morgan fingerprint density at radius 2 is 2.00 bits per heavy atom. The van der Waals surface area contributed by atoms with Crippen molar-refractivity contribution in [2.24, 2.45) is 0 Å². The summed E-state index contributed by atoms with van der Waals surface area (Å²) < 4.78 is 0. The number of aliphatic hydroxyl groups is 1. The van der Waals surface area contributed by atoms with E-state index in [2.05, 4.69) is 26.8 Å². The predicted molar refractivity (Wildman–Crippen MR) is 90.4 cm³/mol. The Labute approximate surface area is 134 Å². The molecular formula is C18H16N4O. The van der Waals surface area contributed by atoms with Crippen molar-refractivity contribution < 1.29 is 5.11 Å². The molecule has 0 saturated carbocycles. The topological polar surface area (TPSA) is 84.9 Å². The zero-order valence-electron chi connectivity index (χ0n) is 12.9. The number of nitrogens with two attached hydrogens (primary N) is 1. The molecule has 3 N–H and O–H groups in total. The monoisotopic (exact) mass is 304 g/mol. The quantitative estimate of drug-likeness (QED) is 0.674. The van der Waals surface area contributed by atoms with Gasteiger partial charge in [0, 0.05) is 22.7 Å². The van der Waals surface area contributed by atoms with Crippen LogP contribution in [0.3, 0.4) is 0 Å². The highest BCUT2D eigenvalue weighted by Gasteiger charge is 2.08. The van der Waals surface area contributed by atoms with E-state index in [1.54, 1.807) is 32.3 Å².